The number of piperazine rings is 1. The maximum atomic E-state index is 13.6. The fraction of sp³-hybridized carbons (Fsp3) is 0.600. The Kier molecular flexibility index (Phi) is 20.0. The van der Waals surface area contributed by atoms with Crippen LogP contribution in [0.3, 0.4) is 0 Å². The van der Waals surface area contributed by atoms with Crippen LogP contribution in [-0.4, -0.2) is 147 Å². The minimum atomic E-state index is -0.850. The van der Waals surface area contributed by atoms with Gasteiger partial charge in [-0.3, -0.25) is 38.5 Å². The third-order valence-corrected chi connectivity index (χ3v) is 9.92. The number of nitrogens with zero attached hydrogens (tertiary/aromatic N) is 3. The Bertz CT molecular complexity index is 1590. The quantitative estimate of drug-likeness (QED) is 0.0674. The standard InChI is InChI=1S/C40H60N8O10/c1-27(2)37(45-34(51)14-22-57-24-25-58-23-16-42-33(50)13-17-48-35(52)11-12-36(48)53)32(49)26-30(6-5-15-43-40(41)56)38(54)44-31-9-7-29(8-10-31)28(3)39(55)47-20-18-46(4)19-21-47/h7-12,27-28,30,37H,5-6,13-26H2,1-4H3,(H,42,50)(H,44,54)(H,45,51)(H3,41,43,56)/t28?,30-,37+/m1/s1. The van der Waals surface area contributed by atoms with Gasteiger partial charge in [-0.1, -0.05) is 26.0 Å². The Morgan fingerprint density at radius 2 is 1.43 bits per heavy atom. The SMILES string of the molecule is CC(C(=O)N1CCN(C)CC1)c1ccc(NC(=O)[C@H](CCCNC(N)=O)CC(=O)[C@@H](NC(=O)CCOCCOCCNC(=O)CCN2C(=O)C=CC2=O)C(C)C)cc1. The number of nitrogens with one attached hydrogen (secondary N) is 4. The molecule has 8 amide bonds. The number of Topliss-reactive ketones (excluding diaryl/α,β-unsaturated/α-hetero) is 1. The summed E-state index contributed by atoms with van der Waals surface area (Å²) in [6, 6.07) is 5.53. The van der Waals surface area contributed by atoms with Gasteiger partial charge in [-0.15, -0.1) is 0 Å². The molecule has 6 N–H and O–H groups in total. The molecule has 1 aromatic rings. The number of rotatable bonds is 25. The van der Waals surface area contributed by atoms with Gasteiger partial charge in [0.05, 0.1) is 38.4 Å². The van der Waals surface area contributed by atoms with E-state index in [1.54, 1.807) is 26.0 Å². The summed E-state index contributed by atoms with van der Waals surface area (Å²) in [6.07, 6.45) is 2.81. The van der Waals surface area contributed by atoms with E-state index in [0.717, 1.165) is 35.7 Å². The maximum absolute atomic E-state index is 13.6. The summed E-state index contributed by atoms with van der Waals surface area (Å²) >= 11 is 0. The molecule has 0 aliphatic carbocycles. The summed E-state index contributed by atoms with van der Waals surface area (Å²) in [6.45, 7) is 9.62. The largest absolute Gasteiger partial charge is 0.379 e. The summed E-state index contributed by atoms with van der Waals surface area (Å²) in [7, 11) is 2.03. The van der Waals surface area contributed by atoms with Crippen molar-refractivity contribution in [2.24, 2.45) is 17.6 Å². The molecule has 2 heterocycles. The van der Waals surface area contributed by atoms with E-state index in [1.807, 2.05) is 31.0 Å². The number of hydrogen-bond acceptors (Lipinski definition) is 11. The second kappa shape index (κ2) is 24.5. The van der Waals surface area contributed by atoms with Gasteiger partial charge >= 0.3 is 6.03 Å². The van der Waals surface area contributed by atoms with E-state index in [9.17, 15) is 38.4 Å². The van der Waals surface area contributed by atoms with Crippen molar-refractivity contribution in [3.8, 4) is 0 Å². The molecule has 18 nitrogen and oxygen atoms in total. The zero-order valence-electron chi connectivity index (χ0n) is 34.1. The van der Waals surface area contributed by atoms with Crippen LogP contribution in [0.25, 0.3) is 0 Å². The van der Waals surface area contributed by atoms with Gasteiger partial charge in [-0.2, -0.15) is 0 Å². The predicted molar refractivity (Wildman–Crippen MR) is 214 cm³/mol. The first kappa shape index (κ1) is 47.2. The molecule has 3 rings (SSSR count). The molecule has 1 fully saturated rings. The molecule has 3 atom stereocenters. The highest BCUT2D eigenvalue weighted by molar-refractivity contribution is 6.13. The molecule has 58 heavy (non-hydrogen) atoms. The number of anilines is 1. The fourth-order valence-corrected chi connectivity index (χ4v) is 6.37. The monoisotopic (exact) mass is 812 g/mol. The van der Waals surface area contributed by atoms with Crippen LogP contribution in [0.5, 0.6) is 0 Å². The van der Waals surface area contributed by atoms with Crippen molar-refractivity contribution < 1.29 is 47.8 Å². The van der Waals surface area contributed by atoms with E-state index in [0.29, 0.717) is 25.2 Å². The van der Waals surface area contributed by atoms with Gasteiger partial charge in [0.1, 0.15) is 0 Å². The molecule has 0 aromatic heterocycles. The number of primary amides is 1. The predicted octanol–water partition coefficient (Wildman–Crippen LogP) is 0.522. The van der Waals surface area contributed by atoms with Crippen LogP contribution in [0.4, 0.5) is 10.5 Å². The summed E-state index contributed by atoms with van der Waals surface area (Å²) in [5, 5.41) is 10.8. The van der Waals surface area contributed by atoms with Gasteiger partial charge in [0.15, 0.2) is 5.78 Å². The zero-order chi connectivity index (χ0) is 42.6. The average molecular weight is 813 g/mol. The Morgan fingerprint density at radius 1 is 0.793 bits per heavy atom. The lowest BCUT2D eigenvalue weighted by Gasteiger charge is -2.34. The lowest BCUT2D eigenvalue weighted by Crippen LogP contribution is -2.48. The summed E-state index contributed by atoms with van der Waals surface area (Å²) < 4.78 is 10.9. The van der Waals surface area contributed by atoms with E-state index >= 15 is 0 Å². The molecular formula is C40H60N8O10. The number of carbonyl (C=O) groups is 8. The first-order valence-electron chi connectivity index (χ1n) is 19.9. The molecule has 2 aliphatic heterocycles. The molecule has 18 heteroatoms. The number of urea groups is 1. The molecular weight excluding hydrogens is 752 g/mol. The molecule has 2 aliphatic rings. The molecule has 0 saturated carbocycles. The number of likely N-dealkylation sites (N-methyl/N-ethyl adjacent to an activating group) is 1. The first-order chi connectivity index (χ1) is 27.7. The second-order valence-corrected chi connectivity index (χ2v) is 14.8. The summed E-state index contributed by atoms with van der Waals surface area (Å²) in [5.41, 5.74) is 6.52. The maximum Gasteiger partial charge on any atom is 0.312 e. The number of benzene rings is 1. The van der Waals surface area contributed by atoms with E-state index in [1.165, 1.54) is 0 Å². The number of hydrogen-bond donors (Lipinski definition) is 5. The van der Waals surface area contributed by atoms with Crippen molar-refractivity contribution in [2.45, 2.75) is 64.8 Å². The summed E-state index contributed by atoms with van der Waals surface area (Å²) in [4.78, 5) is 104. The highest BCUT2D eigenvalue weighted by atomic mass is 16.5. The van der Waals surface area contributed by atoms with Gasteiger partial charge in [-0.25, -0.2) is 4.79 Å². The van der Waals surface area contributed by atoms with Crippen LogP contribution in [0.15, 0.2) is 36.4 Å². The third-order valence-electron chi connectivity index (χ3n) is 9.92. The van der Waals surface area contributed by atoms with Crippen molar-refractivity contribution in [3.05, 3.63) is 42.0 Å². The number of imide groups is 1. The highest BCUT2D eigenvalue weighted by Gasteiger charge is 2.30. The van der Waals surface area contributed by atoms with Gasteiger partial charge in [-0.05, 0) is 50.4 Å². The van der Waals surface area contributed by atoms with E-state index in [2.05, 4.69) is 26.2 Å². The number of nitrogens with two attached hydrogens (primary N) is 1. The van der Waals surface area contributed by atoms with Gasteiger partial charge in [0, 0.05) is 88.8 Å². The smallest absolute Gasteiger partial charge is 0.312 e. The van der Waals surface area contributed by atoms with Gasteiger partial charge in [0.25, 0.3) is 11.8 Å². The Balaban J connectivity index is 1.41. The van der Waals surface area contributed by atoms with Gasteiger partial charge in [0.2, 0.25) is 23.6 Å². The second-order valence-electron chi connectivity index (χ2n) is 14.8. The highest BCUT2D eigenvalue weighted by Crippen LogP contribution is 2.23. The van der Waals surface area contributed by atoms with Crippen LogP contribution < -0.4 is 27.0 Å². The van der Waals surface area contributed by atoms with Crippen LogP contribution in [-0.2, 0) is 43.0 Å². The van der Waals surface area contributed by atoms with Crippen molar-refractivity contribution in [1.29, 1.82) is 0 Å². The molecule has 1 saturated heterocycles. The average Bonchev–Trinajstić information content (AvgIpc) is 3.51. The number of ketones is 1. The van der Waals surface area contributed by atoms with Gasteiger partial charge < -0.3 is 46.3 Å². The lowest BCUT2D eigenvalue weighted by atomic mass is 9.89. The van der Waals surface area contributed by atoms with Crippen molar-refractivity contribution in [2.75, 3.05) is 84.6 Å². The Morgan fingerprint density at radius 3 is 2.05 bits per heavy atom. The van der Waals surface area contributed by atoms with Crippen molar-refractivity contribution in [1.82, 2.24) is 30.7 Å². The molecule has 1 unspecified atom stereocenters. The Labute approximate surface area is 339 Å². The van der Waals surface area contributed by atoms with Crippen molar-refractivity contribution in [3.63, 3.8) is 0 Å². The van der Waals surface area contributed by atoms with Crippen LogP contribution in [0.2, 0.25) is 0 Å². The van der Waals surface area contributed by atoms with Crippen LogP contribution in [0, 0.1) is 11.8 Å². The fourth-order valence-electron chi connectivity index (χ4n) is 6.37. The molecule has 320 valence electrons. The molecule has 0 spiro atoms. The summed E-state index contributed by atoms with van der Waals surface area (Å²) in [5.74, 6) is -3.62. The van der Waals surface area contributed by atoms with Crippen LogP contribution >= 0.6 is 0 Å². The topological polar surface area (TPSA) is 239 Å². The Hall–Kier alpha value is -5.20. The normalized spacial score (nSPS) is 15.9. The number of carbonyl (C=O) groups excluding carboxylic acids is 8. The van der Waals surface area contributed by atoms with Crippen molar-refractivity contribution >= 4 is 52.9 Å². The lowest BCUT2D eigenvalue weighted by molar-refractivity contribution is -0.137. The molecule has 1 aromatic carbocycles. The van der Waals surface area contributed by atoms with E-state index < -0.39 is 35.7 Å². The zero-order valence-corrected chi connectivity index (χ0v) is 34.1. The number of ether oxygens (including phenoxy) is 2. The minimum Gasteiger partial charge on any atom is -0.379 e. The van der Waals surface area contributed by atoms with Crippen LogP contribution in [0.1, 0.15) is 64.4 Å². The van der Waals surface area contributed by atoms with E-state index in [-0.39, 0.29) is 107 Å². The molecule has 0 bridgehead atoms. The third kappa shape index (κ3) is 16.3. The minimum absolute atomic E-state index is 0.000639. The number of amides is 8. The molecule has 0 radical (unpaired) electrons. The first-order valence-corrected chi connectivity index (χ1v) is 19.9. The van der Waals surface area contributed by atoms with E-state index in [4.69, 9.17) is 15.2 Å².